The molecule has 0 aromatic carbocycles. The van der Waals surface area contributed by atoms with Gasteiger partial charge in [0.25, 0.3) is 0 Å². The van der Waals surface area contributed by atoms with E-state index in [0.717, 1.165) is 50.0 Å². The molecular formula is C14H23N3O. The van der Waals surface area contributed by atoms with Crippen molar-refractivity contribution in [1.29, 1.82) is 0 Å². The summed E-state index contributed by atoms with van der Waals surface area (Å²) in [7, 11) is 0. The van der Waals surface area contributed by atoms with E-state index in [4.69, 9.17) is 4.74 Å². The molecule has 1 aliphatic rings. The highest BCUT2D eigenvalue weighted by molar-refractivity contribution is 5.53. The summed E-state index contributed by atoms with van der Waals surface area (Å²) in [5.41, 5.74) is 2.18. The minimum Gasteiger partial charge on any atom is -0.384 e. The van der Waals surface area contributed by atoms with Crippen LogP contribution in [0, 0.1) is 5.92 Å². The van der Waals surface area contributed by atoms with Gasteiger partial charge in [0.1, 0.15) is 0 Å². The molecule has 1 aromatic heterocycles. The number of hydrogen-bond acceptors (Lipinski definition) is 4. The van der Waals surface area contributed by atoms with Crippen LogP contribution in [0.25, 0.3) is 0 Å². The predicted molar refractivity (Wildman–Crippen MR) is 75.1 cm³/mol. The van der Waals surface area contributed by atoms with E-state index in [-0.39, 0.29) is 0 Å². The van der Waals surface area contributed by atoms with Crippen LogP contribution in [-0.2, 0) is 4.74 Å². The summed E-state index contributed by atoms with van der Waals surface area (Å²) < 4.78 is 5.37. The molecule has 1 aromatic rings. The molecule has 4 heteroatoms. The number of nitrogens with zero attached hydrogens (tertiary/aromatic N) is 1. The second kappa shape index (κ2) is 7.21. The van der Waals surface area contributed by atoms with Gasteiger partial charge in [-0.25, -0.2) is 0 Å². The number of nitrogens with one attached hydrogen (secondary N) is 2. The fourth-order valence-corrected chi connectivity index (χ4v) is 2.13. The largest absolute Gasteiger partial charge is 0.384 e. The van der Waals surface area contributed by atoms with Gasteiger partial charge in [-0.15, -0.1) is 0 Å². The number of anilines is 2. The Hall–Kier alpha value is -1.29. The third-order valence-corrected chi connectivity index (χ3v) is 3.22. The summed E-state index contributed by atoms with van der Waals surface area (Å²) in [5, 5.41) is 6.77. The van der Waals surface area contributed by atoms with Crippen molar-refractivity contribution in [3.05, 3.63) is 18.5 Å². The van der Waals surface area contributed by atoms with Crippen molar-refractivity contribution < 1.29 is 4.74 Å². The van der Waals surface area contributed by atoms with Gasteiger partial charge in [0, 0.05) is 26.3 Å². The third-order valence-electron chi connectivity index (χ3n) is 3.22. The fourth-order valence-electron chi connectivity index (χ4n) is 2.13. The Labute approximate surface area is 109 Å². The Balaban J connectivity index is 1.74. The molecule has 100 valence electrons. The van der Waals surface area contributed by atoms with Gasteiger partial charge in [-0.2, -0.15) is 0 Å². The Morgan fingerprint density at radius 3 is 2.72 bits per heavy atom. The third kappa shape index (κ3) is 4.18. The van der Waals surface area contributed by atoms with Crippen LogP contribution in [0.3, 0.4) is 0 Å². The highest BCUT2D eigenvalue weighted by Crippen LogP contribution is 2.17. The number of aromatic nitrogens is 1. The summed E-state index contributed by atoms with van der Waals surface area (Å²) in [4.78, 5) is 4.24. The van der Waals surface area contributed by atoms with Crippen LogP contribution >= 0.6 is 0 Å². The highest BCUT2D eigenvalue weighted by atomic mass is 16.5. The van der Waals surface area contributed by atoms with Gasteiger partial charge in [-0.1, -0.05) is 6.92 Å². The van der Waals surface area contributed by atoms with Gasteiger partial charge in [0.05, 0.1) is 23.8 Å². The molecule has 1 saturated heterocycles. The Morgan fingerprint density at radius 2 is 2.06 bits per heavy atom. The van der Waals surface area contributed by atoms with Crippen LogP contribution < -0.4 is 10.6 Å². The SMILES string of the molecule is CCCNc1cncc(NCCC2CCOC2)c1. The van der Waals surface area contributed by atoms with Gasteiger partial charge >= 0.3 is 0 Å². The second-order valence-electron chi connectivity index (χ2n) is 4.83. The number of pyridine rings is 1. The van der Waals surface area contributed by atoms with Crippen LogP contribution in [0.2, 0.25) is 0 Å². The molecule has 1 aliphatic heterocycles. The summed E-state index contributed by atoms with van der Waals surface area (Å²) in [6.07, 6.45) is 7.25. The number of ether oxygens (including phenoxy) is 1. The average molecular weight is 249 g/mol. The van der Waals surface area contributed by atoms with E-state index in [2.05, 4.69) is 28.6 Å². The maximum absolute atomic E-state index is 5.37. The molecule has 2 rings (SSSR count). The summed E-state index contributed by atoms with van der Waals surface area (Å²) in [6, 6.07) is 2.12. The lowest BCUT2D eigenvalue weighted by Crippen LogP contribution is -2.09. The molecule has 0 spiro atoms. The quantitative estimate of drug-likeness (QED) is 0.780. The van der Waals surface area contributed by atoms with E-state index in [9.17, 15) is 0 Å². The van der Waals surface area contributed by atoms with Crippen molar-refractivity contribution in [2.24, 2.45) is 5.92 Å². The molecule has 2 N–H and O–H groups in total. The van der Waals surface area contributed by atoms with Crippen molar-refractivity contribution in [2.75, 3.05) is 36.9 Å². The zero-order chi connectivity index (χ0) is 12.6. The maximum atomic E-state index is 5.37. The molecule has 4 nitrogen and oxygen atoms in total. The molecular weight excluding hydrogens is 226 g/mol. The van der Waals surface area contributed by atoms with E-state index < -0.39 is 0 Å². The number of hydrogen-bond donors (Lipinski definition) is 2. The standard InChI is InChI=1S/C14H23N3O/c1-2-5-16-13-8-14(10-15-9-13)17-6-3-12-4-7-18-11-12/h8-10,12,16-17H,2-7,11H2,1H3. The lowest BCUT2D eigenvalue weighted by Gasteiger charge is -2.11. The lowest BCUT2D eigenvalue weighted by atomic mass is 10.1. The average Bonchev–Trinajstić information content (AvgIpc) is 2.90. The summed E-state index contributed by atoms with van der Waals surface area (Å²) >= 11 is 0. The van der Waals surface area contributed by atoms with Crippen LogP contribution in [-0.4, -0.2) is 31.3 Å². The molecule has 18 heavy (non-hydrogen) atoms. The van der Waals surface area contributed by atoms with Crippen molar-refractivity contribution in [1.82, 2.24) is 4.98 Å². The lowest BCUT2D eigenvalue weighted by molar-refractivity contribution is 0.185. The maximum Gasteiger partial charge on any atom is 0.0547 e. The van der Waals surface area contributed by atoms with E-state index in [1.165, 1.54) is 12.8 Å². The number of rotatable bonds is 7. The Kier molecular flexibility index (Phi) is 5.27. The van der Waals surface area contributed by atoms with Crippen LogP contribution in [0.4, 0.5) is 11.4 Å². The Morgan fingerprint density at radius 1 is 1.28 bits per heavy atom. The predicted octanol–water partition coefficient (Wildman–Crippen LogP) is 2.74. The van der Waals surface area contributed by atoms with E-state index in [0.29, 0.717) is 0 Å². The zero-order valence-corrected chi connectivity index (χ0v) is 11.1. The van der Waals surface area contributed by atoms with E-state index >= 15 is 0 Å². The van der Waals surface area contributed by atoms with Gasteiger partial charge in [-0.05, 0) is 31.2 Å². The highest BCUT2D eigenvalue weighted by Gasteiger charge is 2.14. The molecule has 1 fully saturated rings. The first kappa shape index (κ1) is 13.1. The van der Waals surface area contributed by atoms with Crippen LogP contribution in [0.1, 0.15) is 26.2 Å². The molecule has 1 atom stereocenters. The Bertz CT molecular complexity index is 351. The monoisotopic (exact) mass is 249 g/mol. The van der Waals surface area contributed by atoms with Crippen LogP contribution in [0.5, 0.6) is 0 Å². The van der Waals surface area contributed by atoms with Gasteiger partial charge in [-0.3, -0.25) is 4.98 Å². The van der Waals surface area contributed by atoms with Gasteiger partial charge in [0.15, 0.2) is 0 Å². The first-order chi connectivity index (χ1) is 8.88. The molecule has 0 radical (unpaired) electrons. The molecule has 0 aliphatic carbocycles. The molecule has 0 amide bonds. The molecule has 0 bridgehead atoms. The smallest absolute Gasteiger partial charge is 0.0547 e. The van der Waals surface area contributed by atoms with E-state index in [1.54, 1.807) is 0 Å². The fraction of sp³-hybridized carbons (Fsp3) is 0.643. The topological polar surface area (TPSA) is 46.2 Å². The molecule has 2 heterocycles. The van der Waals surface area contributed by atoms with Crippen molar-refractivity contribution in [3.63, 3.8) is 0 Å². The molecule has 0 saturated carbocycles. The van der Waals surface area contributed by atoms with E-state index in [1.807, 2.05) is 12.4 Å². The summed E-state index contributed by atoms with van der Waals surface area (Å²) in [6.45, 7) is 6.00. The van der Waals surface area contributed by atoms with Crippen molar-refractivity contribution in [2.45, 2.75) is 26.2 Å². The van der Waals surface area contributed by atoms with Crippen molar-refractivity contribution in [3.8, 4) is 0 Å². The minimum absolute atomic E-state index is 0.729. The van der Waals surface area contributed by atoms with Crippen molar-refractivity contribution >= 4 is 11.4 Å². The van der Waals surface area contributed by atoms with Gasteiger partial charge < -0.3 is 15.4 Å². The summed E-state index contributed by atoms with van der Waals surface area (Å²) in [5.74, 6) is 0.729. The second-order valence-corrected chi connectivity index (χ2v) is 4.83. The first-order valence-corrected chi connectivity index (χ1v) is 6.89. The zero-order valence-electron chi connectivity index (χ0n) is 11.1. The minimum atomic E-state index is 0.729. The van der Waals surface area contributed by atoms with Crippen LogP contribution in [0.15, 0.2) is 18.5 Å². The first-order valence-electron chi connectivity index (χ1n) is 6.89. The van der Waals surface area contributed by atoms with Gasteiger partial charge in [0.2, 0.25) is 0 Å². The molecule has 1 unspecified atom stereocenters. The normalized spacial score (nSPS) is 18.8.